The van der Waals surface area contributed by atoms with Crippen molar-refractivity contribution in [1.82, 2.24) is 10.2 Å². The van der Waals surface area contributed by atoms with Crippen LogP contribution < -0.4 is 14.8 Å². The highest BCUT2D eigenvalue weighted by Crippen LogP contribution is 2.43. The molecule has 132 valence electrons. The van der Waals surface area contributed by atoms with Crippen molar-refractivity contribution in [1.29, 1.82) is 0 Å². The Labute approximate surface area is 144 Å². The number of rotatable bonds is 6. The topological polar surface area (TPSA) is 43.0 Å². The molecule has 0 unspecified atom stereocenters. The van der Waals surface area contributed by atoms with E-state index >= 15 is 0 Å². The fraction of sp³-hybridized carbons (Fsp3) is 0.684. The Morgan fingerprint density at radius 3 is 2.79 bits per heavy atom. The Morgan fingerprint density at radius 1 is 1.17 bits per heavy atom. The van der Waals surface area contributed by atoms with Gasteiger partial charge in [0, 0.05) is 32.2 Å². The maximum atomic E-state index is 5.75. The van der Waals surface area contributed by atoms with Gasteiger partial charge in [0.1, 0.15) is 13.2 Å². The van der Waals surface area contributed by atoms with Crippen molar-refractivity contribution >= 4 is 0 Å². The van der Waals surface area contributed by atoms with Crippen molar-refractivity contribution < 1.29 is 14.2 Å². The van der Waals surface area contributed by atoms with Crippen molar-refractivity contribution in [2.75, 3.05) is 46.0 Å². The first-order chi connectivity index (χ1) is 11.8. The first-order valence-corrected chi connectivity index (χ1v) is 9.26. The maximum Gasteiger partial charge on any atom is 0.161 e. The van der Waals surface area contributed by atoms with Crippen LogP contribution in [0.15, 0.2) is 18.2 Å². The summed E-state index contributed by atoms with van der Waals surface area (Å²) in [6, 6.07) is 6.85. The van der Waals surface area contributed by atoms with Gasteiger partial charge < -0.3 is 19.5 Å². The number of ether oxygens (including phenoxy) is 3. The molecule has 1 aliphatic carbocycles. The number of nitrogens with one attached hydrogen (secondary N) is 1. The van der Waals surface area contributed by atoms with Crippen molar-refractivity contribution in [3.63, 3.8) is 0 Å². The number of morpholine rings is 1. The first-order valence-electron chi connectivity index (χ1n) is 9.26. The van der Waals surface area contributed by atoms with E-state index in [4.69, 9.17) is 14.2 Å². The molecule has 2 atom stereocenters. The lowest BCUT2D eigenvalue weighted by atomic mass is 10.0. The van der Waals surface area contributed by atoms with Gasteiger partial charge in [-0.15, -0.1) is 0 Å². The van der Waals surface area contributed by atoms with E-state index in [1.54, 1.807) is 0 Å². The average molecular weight is 332 g/mol. The zero-order valence-electron chi connectivity index (χ0n) is 14.5. The van der Waals surface area contributed by atoms with Crippen molar-refractivity contribution in [2.24, 2.45) is 5.92 Å². The Hall–Kier alpha value is -1.30. The third-order valence-corrected chi connectivity index (χ3v) is 5.14. The standard InChI is InChI=1S/C19H28N2O3/c1-14-13-21(8-9-22-14)7-6-20-19(15-2-3-15)16-4-5-17-18(12-16)24-11-10-23-17/h4-5,12,14-15,19-20H,2-3,6-11,13H2,1H3/t14-,19-/m0/s1. The van der Waals surface area contributed by atoms with Gasteiger partial charge in [0.2, 0.25) is 0 Å². The third-order valence-electron chi connectivity index (χ3n) is 5.14. The number of hydrogen-bond acceptors (Lipinski definition) is 5. The second-order valence-corrected chi connectivity index (χ2v) is 7.15. The van der Waals surface area contributed by atoms with E-state index in [9.17, 15) is 0 Å². The first kappa shape index (κ1) is 16.2. The van der Waals surface area contributed by atoms with E-state index in [2.05, 4.69) is 35.3 Å². The molecule has 1 saturated carbocycles. The molecule has 0 amide bonds. The summed E-state index contributed by atoms with van der Waals surface area (Å²) in [6.07, 6.45) is 3.00. The van der Waals surface area contributed by atoms with Crippen LogP contribution in [-0.4, -0.2) is 57.0 Å². The zero-order chi connectivity index (χ0) is 16.4. The number of benzene rings is 1. The molecule has 2 fully saturated rings. The molecule has 2 aliphatic heterocycles. The van der Waals surface area contributed by atoms with Gasteiger partial charge in [-0.2, -0.15) is 0 Å². The summed E-state index contributed by atoms with van der Waals surface area (Å²) < 4.78 is 17.0. The van der Waals surface area contributed by atoms with Crippen molar-refractivity contribution in [3.8, 4) is 11.5 Å². The molecule has 0 bridgehead atoms. The predicted molar refractivity (Wildman–Crippen MR) is 92.8 cm³/mol. The largest absolute Gasteiger partial charge is 0.486 e. The van der Waals surface area contributed by atoms with E-state index in [1.807, 2.05) is 0 Å². The normalized spacial score (nSPS) is 25.5. The van der Waals surface area contributed by atoms with Crippen molar-refractivity contribution in [2.45, 2.75) is 31.9 Å². The van der Waals surface area contributed by atoms with E-state index in [0.717, 1.165) is 50.2 Å². The maximum absolute atomic E-state index is 5.75. The van der Waals surface area contributed by atoms with Crippen LogP contribution in [0.5, 0.6) is 11.5 Å². The molecule has 0 radical (unpaired) electrons. The van der Waals surface area contributed by atoms with Gasteiger partial charge in [-0.25, -0.2) is 0 Å². The molecular formula is C19H28N2O3. The van der Waals surface area contributed by atoms with E-state index in [0.29, 0.717) is 25.4 Å². The Morgan fingerprint density at radius 2 is 2.00 bits per heavy atom. The van der Waals surface area contributed by atoms with Gasteiger partial charge >= 0.3 is 0 Å². The van der Waals surface area contributed by atoms with Gasteiger partial charge in [0.15, 0.2) is 11.5 Å². The van der Waals surface area contributed by atoms with Crippen LogP contribution >= 0.6 is 0 Å². The predicted octanol–water partition coefficient (Wildman–Crippen LogP) is 2.22. The summed E-state index contributed by atoms with van der Waals surface area (Å²) in [4.78, 5) is 2.49. The van der Waals surface area contributed by atoms with Gasteiger partial charge in [0.05, 0.1) is 12.7 Å². The van der Waals surface area contributed by atoms with E-state index in [1.165, 1.54) is 18.4 Å². The van der Waals surface area contributed by atoms with Crippen LogP contribution in [0.2, 0.25) is 0 Å². The lowest BCUT2D eigenvalue weighted by Gasteiger charge is -2.31. The van der Waals surface area contributed by atoms with Gasteiger partial charge in [-0.05, 0) is 43.4 Å². The van der Waals surface area contributed by atoms with Crippen LogP contribution in [-0.2, 0) is 4.74 Å². The fourth-order valence-corrected chi connectivity index (χ4v) is 3.71. The van der Waals surface area contributed by atoms with Gasteiger partial charge in [0.25, 0.3) is 0 Å². The summed E-state index contributed by atoms with van der Waals surface area (Å²) in [6.45, 7) is 8.49. The number of fused-ring (bicyclic) bond motifs is 1. The highest BCUT2D eigenvalue weighted by molar-refractivity contribution is 5.45. The van der Waals surface area contributed by atoms with Crippen LogP contribution in [0, 0.1) is 5.92 Å². The Bertz CT molecular complexity index is 562. The minimum atomic E-state index is 0.357. The lowest BCUT2D eigenvalue weighted by molar-refractivity contribution is -0.0178. The SMILES string of the molecule is C[C@H]1CN(CCN[C@H](c2ccc3c(c2)OCCO3)C2CC2)CCO1. The van der Waals surface area contributed by atoms with Crippen LogP contribution in [0.4, 0.5) is 0 Å². The molecule has 5 heteroatoms. The molecule has 0 spiro atoms. The number of hydrogen-bond donors (Lipinski definition) is 1. The second-order valence-electron chi connectivity index (χ2n) is 7.15. The summed E-state index contributed by atoms with van der Waals surface area (Å²) in [5.41, 5.74) is 1.33. The quantitative estimate of drug-likeness (QED) is 0.865. The molecule has 5 nitrogen and oxygen atoms in total. The molecule has 1 aromatic rings. The molecular weight excluding hydrogens is 304 g/mol. The van der Waals surface area contributed by atoms with E-state index < -0.39 is 0 Å². The highest BCUT2D eigenvalue weighted by Gasteiger charge is 2.32. The van der Waals surface area contributed by atoms with Gasteiger partial charge in [-0.1, -0.05) is 6.07 Å². The highest BCUT2D eigenvalue weighted by atomic mass is 16.6. The zero-order valence-corrected chi connectivity index (χ0v) is 14.5. The summed E-state index contributed by atoms with van der Waals surface area (Å²) >= 11 is 0. The molecule has 1 saturated heterocycles. The molecule has 24 heavy (non-hydrogen) atoms. The molecule has 1 aromatic carbocycles. The molecule has 0 aromatic heterocycles. The molecule has 1 N–H and O–H groups in total. The van der Waals surface area contributed by atoms with Crippen molar-refractivity contribution in [3.05, 3.63) is 23.8 Å². The molecule has 2 heterocycles. The van der Waals surface area contributed by atoms with Crippen LogP contribution in [0.3, 0.4) is 0 Å². The summed E-state index contributed by atoms with van der Waals surface area (Å²) in [5.74, 6) is 2.53. The molecule has 4 rings (SSSR count). The fourth-order valence-electron chi connectivity index (χ4n) is 3.71. The third kappa shape index (κ3) is 3.85. The monoisotopic (exact) mass is 332 g/mol. The summed E-state index contributed by atoms with van der Waals surface area (Å²) in [5, 5.41) is 3.79. The lowest BCUT2D eigenvalue weighted by Crippen LogP contribution is -2.44. The van der Waals surface area contributed by atoms with Gasteiger partial charge in [-0.3, -0.25) is 4.90 Å². The molecule has 3 aliphatic rings. The minimum absolute atomic E-state index is 0.357. The number of nitrogens with zero attached hydrogens (tertiary/aromatic N) is 1. The second kappa shape index (κ2) is 7.30. The Kier molecular flexibility index (Phi) is 4.92. The average Bonchev–Trinajstić information content (AvgIpc) is 3.43. The van der Waals surface area contributed by atoms with Crippen LogP contribution in [0.1, 0.15) is 31.4 Å². The summed E-state index contributed by atoms with van der Waals surface area (Å²) in [7, 11) is 0. The van der Waals surface area contributed by atoms with E-state index in [-0.39, 0.29) is 0 Å². The smallest absolute Gasteiger partial charge is 0.161 e. The van der Waals surface area contributed by atoms with Crippen LogP contribution in [0.25, 0.3) is 0 Å². The minimum Gasteiger partial charge on any atom is -0.486 e. The Balaban J connectivity index is 1.36.